The molecule has 0 amide bonds. The molecule has 1 saturated heterocycles. The van der Waals surface area contributed by atoms with Gasteiger partial charge >= 0.3 is 0 Å². The lowest BCUT2D eigenvalue weighted by atomic mass is 10.1. The molecule has 1 fully saturated rings. The second-order valence-corrected chi connectivity index (χ2v) is 7.23. The Morgan fingerprint density at radius 3 is 2.37 bits per heavy atom. The SMILES string of the molecule is COc1c(O)cc(O)c2c(=O)cc(-c3ccc(N4CCN(CCO)CC4)cc3)oc12. The summed E-state index contributed by atoms with van der Waals surface area (Å²) >= 11 is 0. The predicted molar refractivity (Wildman–Crippen MR) is 114 cm³/mol. The summed E-state index contributed by atoms with van der Waals surface area (Å²) < 4.78 is 11.0. The second kappa shape index (κ2) is 8.25. The average Bonchev–Trinajstić information content (AvgIpc) is 2.74. The Morgan fingerprint density at radius 2 is 1.73 bits per heavy atom. The van der Waals surface area contributed by atoms with E-state index in [4.69, 9.17) is 14.3 Å². The summed E-state index contributed by atoms with van der Waals surface area (Å²) in [6, 6.07) is 10.1. The molecule has 1 aliphatic heterocycles. The summed E-state index contributed by atoms with van der Waals surface area (Å²) in [5.74, 6) is -0.355. The zero-order chi connectivity index (χ0) is 21.3. The molecule has 0 aliphatic carbocycles. The molecule has 8 nitrogen and oxygen atoms in total. The number of methoxy groups -OCH3 is 1. The van der Waals surface area contributed by atoms with Crippen LogP contribution in [-0.4, -0.2) is 66.7 Å². The number of phenolic OH excluding ortho intramolecular Hbond substituents is 2. The maximum absolute atomic E-state index is 12.6. The maximum Gasteiger partial charge on any atom is 0.204 e. The van der Waals surface area contributed by atoms with Crippen molar-refractivity contribution in [2.75, 3.05) is 51.3 Å². The fourth-order valence-corrected chi connectivity index (χ4v) is 3.83. The molecule has 0 saturated carbocycles. The molecule has 8 heteroatoms. The molecular weight excluding hydrogens is 388 g/mol. The van der Waals surface area contributed by atoms with Gasteiger partial charge in [0.15, 0.2) is 16.8 Å². The van der Waals surface area contributed by atoms with Gasteiger partial charge in [-0.1, -0.05) is 0 Å². The molecule has 158 valence electrons. The van der Waals surface area contributed by atoms with Gasteiger partial charge in [0, 0.05) is 56.1 Å². The number of benzene rings is 2. The Balaban J connectivity index is 1.64. The first-order chi connectivity index (χ1) is 14.5. The molecule has 0 spiro atoms. The van der Waals surface area contributed by atoms with E-state index in [1.54, 1.807) is 0 Å². The Kier molecular flexibility index (Phi) is 5.52. The van der Waals surface area contributed by atoms with E-state index >= 15 is 0 Å². The van der Waals surface area contributed by atoms with Gasteiger partial charge < -0.3 is 29.4 Å². The number of anilines is 1. The molecule has 2 aromatic carbocycles. The molecule has 0 unspecified atom stereocenters. The molecule has 4 rings (SSSR count). The van der Waals surface area contributed by atoms with Gasteiger partial charge in [-0.2, -0.15) is 0 Å². The fourth-order valence-electron chi connectivity index (χ4n) is 3.83. The molecule has 0 atom stereocenters. The number of phenols is 2. The number of fused-ring (bicyclic) bond motifs is 1. The summed E-state index contributed by atoms with van der Waals surface area (Å²) in [7, 11) is 1.35. The van der Waals surface area contributed by atoms with Gasteiger partial charge in [-0.3, -0.25) is 9.69 Å². The third-order valence-corrected chi connectivity index (χ3v) is 5.43. The second-order valence-electron chi connectivity index (χ2n) is 7.23. The predicted octanol–water partition coefficient (Wildman–Crippen LogP) is 1.99. The minimum Gasteiger partial charge on any atom is -0.507 e. The molecule has 1 aliphatic rings. The first-order valence-electron chi connectivity index (χ1n) is 9.77. The summed E-state index contributed by atoms with van der Waals surface area (Å²) in [6.07, 6.45) is 0. The number of nitrogens with zero attached hydrogens (tertiary/aromatic N) is 2. The highest BCUT2D eigenvalue weighted by Gasteiger charge is 2.20. The van der Waals surface area contributed by atoms with Crippen molar-refractivity contribution in [1.29, 1.82) is 0 Å². The lowest BCUT2D eigenvalue weighted by Crippen LogP contribution is -2.47. The average molecular weight is 412 g/mol. The Morgan fingerprint density at radius 1 is 1.03 bits per heavy atom. The summed E-state index contributed by atoms with van der Waals surface area (Å²) in [6.45, 7) is 4.41. The molecule has 2 heterocycles. The number of aliphatic hydroxyl groups is 1. The van der Waals surface area contributed by atoms with Crippen LogP contribution in [0.15, 0.2) is 45.6 Å². The molecular formula is C22H24N2O6. The minimum atomic E-state index is -0.425. The number of aliphatic hydroxyl groups excluding tert-OH is 1. The van der Waals surface area contributed by atoms with Crippen molar-refractivity contribution in [2.45, 2.75) is 0 Å². The van der Waals surface area contributed by atoms with E-state index < -0.39 is 5.43 Å². The van der Waals surface area contributed by atoms with Crippen molar-refractivity contribution in [2.24, 2.45) is 0 Å². The summed E-state index contributed by atoms with van der Waals surface area (Å²) in [4.78, 5) is 17.1. The van der Waals surface area contributed by atoms with Gasteiger partial charge in [-0.25, -0.2) is 0 Å². The summed E-state index contributed by atoms with van der Waals surface area (Å²) in [5.41, 5.74) is 1.34. The Hall–Kier alpha value is -3.23. The number of β-amino-alcohol motifs (C(OH)–C–C–N with tert-alkyl or cyclic N) is 1. The van der Waals surface area contributed by atoms with E-state index in [1.807, 2.05) is 24.3 Å². The van der Waals surface area contributed by atoms with Crippen molar-refractivity contribution in [3.63, 3.8) is 0 Å². The lowest BCUT2D eigenvalue weighted by Gasteiger charge is -2.35. The van der Waals surface area contributed by atoms with Crippen LogP contribution in [0.2, 0.25) is 0 Å². The van der Waals surface area contributed by atoms with E-state index in [2.05, 4.69) is 9.80 Å². The van der Waals surface area contributed by atoms with Crippen LogP contribution in [0.1, 0.15) is 0 Å². The third-order valence-electron chi connectivity index (χ3n) is 5.43. The molecule has 0 radical (unpaired) electrons. The monoisotopic (exact) mass is 412 g/mol. The first kappa shape index (κ1) is 20.1. The highest BCUT2D eigenvalue weighted by Crippen LogP contribution is 2.40. The minimum absolute atomic E-state index is 0.000814. The van der Waals surface area contributed by atoms with E-state index in [0.29, 0.717) is 17.9 Å². The Bertz CT molecular complexity index is 1100. The van der Waals surface area contributed by atoms with Crippen LogP contribution < -0.4 is 15.1 Å². The highest BCUT2D eigenvalue weighted by atomic mass is 16.5. The third kappa shape index (κ3) is 3.67. The van der Waals surface area contributed by atoms with Crippen LogP contribution >= 0.6 is 0 Å². The normalized spacial score (nSPS) is 14.9. The summed E-state index contributed by atoms with van der Waals surface area (Å²) in [5, 5.41) is 29.1. The maximum atomic E-state index is 12.6. The zero-order valence-corrected chi connectivity index (χ0v) is 16.7. The van der Waals surface area contributed by atoms with E-state index in [0.717, 1.165) is 37.9 Å². The highest BCUT2D eigenvalue weighted by molar-refractivity contribution is 5.91. The number of ether oxygens (including phenoxy) is 1. The number of rotatable bonds is 5. The zero-order valence-electron chi connectivity index (χ0n) is 16.7. The van der Waals surface area contributed by atoms with Crippen molar-refractivity contribution in [3.8, 4) is 28.6 Å². The first-order valence-corrected chi connectivity index (χ1v) is 9.77. The van der Waals surface area contributed by atoms with Crippen LogP contribution in [-0.2, 0) is 0 Å². The number of piperazine rings is 1. The smallest absolute Gasteiger partial charge is 0.204 e. The quantitative estimate of drug-likeness (QED) is 0.584. The number of aromatic hydroxyl groups is 2. The topological polar surface area (TPSA) is 107 Å². The Labute approximate surface area is 173 Å². The lowest BCUT2D eigenvalue weighted by molar-refractivity contribution is 0.189. The van der Waals surface area contributed by atoms with Crippen molar-refractivity contribution >= 4 is 16.7 Å². The van der Waals surface area contributed by atoms with E-state index in [9.17, 15) is 15.0 Å². The molecule has 1 aromatic heterocycles. The van der Waals surface area contributed by atoms with Crippen LogP contribution in [0.4, 0.5) is 5.69 Å². The van der Waals surface area contributed by atoms with Crippen molar-refractivity contribution in [3.05, 3.63) is 46.6 Å². The van der Waals surface area contributed by atoms with Gasteiger partial charge in [0.1, 0.15) is 16.9 Å². The molecule has 0 bridgehead atoms. The molecule has 3 N–H and O–H groups in total. The van der Waals surface area contributed by atoms with Crippen molar-refractivity contribution < 1.29 is 24.5 Å². The van der Waals surface area contributed by atoms with Gasteiger partial charge in [-0.15, -0.1) is 0 Å². The van der Waals surface area contributed by atoms with Gasteiger partial charge in [0.05, 0.1) is 13.7 Å². The van der Waals surface area contributed by atoms with Crippen LogP contribution in [0.25, 0.3) is 22.3 Å². The van der Waals surface area contributed by atoms with Crippen LogP contribution in [0.5, 0.6) is 17.2 Å². The standard InChI is InChI=1S/C22H24N2O6/c1-29-21-18(28)12-16(26)20-17(27)13-19(30-22(20)21)14-2-4-15(5-3-14)24-8-6-23(7-9-24)10-11-25/h2-5,12-13,25-26,28H,6-11H2,1H3. The van der Waals surface area contributed by atoms with Gasteiger partial charge in [0.2, 0.25) is 5.75 Å². The number of hydrogen-bond acceptors (Lipinski definition) is 8. The van der Waals surface area contributed by atoms with E-state index in [1.165, 1.54) is 13.2 Å². The van der Waals surface area contributed by atoms with Crippen molar-refractivity contribution in [1.82, 2.24) is 4.90 Å². The number of hydrogen-bond donors (Lipinski definition) is 3. The molecule has 30 heavy (non-hydrogen) atoms. The molecule has 3 aromatic rings. The largest absolute Gasteiger partial charge is 0.507 e. The van der Waals surface area contributed by atoms with Crippen LogP contribution in [0.3, 0.4) is 0 Å². The van der Waals surface area contributed by atoms with Gasteiger partial charge in [0.25, 0.3) is 0 Å². The van der Waals surface area contributed by atoms with Crippen LogP contribution in [0, 0.1) is 0 Å². The fraction of sp³-hybridized carbons (Fsp3) is 0.318. The van der Waals surface area contributed by atoms with Gasteiger partial charge in [-0.05, 0) is 24.3 Å². The van der Waals surface area contributed by atoms with E-state index in [-0.39, 0.29) is 34.8 Å².